The molecule has 2 aliphatic heterocycles. The first kappa shape index (κ1) is 8.72. The maximum Gasteiger partial charge on any atom is 0.240 e. The Labute approximate surface area is 84.8 Å². The second kappa shape index (κ2) is 3.23. The van der Waals surface area contributed by atoms with Gasteiger partial charge in [0, 0.05) is 19.1 Å². The lowest BCUT2D eigenvalue weighted by atomic mass is 9.99. The Bertz CT molecular complexity index is 248. The second-order valence-corrected chi connectivity index (χ2v) is 4.95. The number of nitrogens with one attached hydrogen (secondary N) is 1. The quantitative estimate of drug-likeness (QED) is 0.668. The lowest BCUT2D eigenvalue weighted by molar-refractivity contribution is -0.133. The molecule has 3 nitrogen and oxygen atoms in total. The molecule has 3 rings (SSSR count). The summed E-state index contributed by atoms with van der Waals surface area (Å²) >= 11 is 0. The average Bonchev–Trinajstić information content (AvgIpc) is 2.93. The van der Waals surface area contributed by atoms with Gasteiger partial charge in [0.2, 0.25) is 5.91 Å². The van der Waals surface area contributed by atoms with Gasteiger partial charge >= 0.3 is 0 Å². The van der Waals surface area contributed by atoms with Gasteiger partial charge in [-0.2, -0.15) is 0 Å². The molecule has 3 heteroatoms. The summed E-state index contributed by atoms with van der Waals surface area (Å²) in [5, 5.41) is 3.48. The third-order valence-corrected chi connectivity index (χ3v) is 4.04. The van der Waals surface area contributed by atoms with Crippen LogP contribution in [0.15, 0.2) is 0 Å². The van der Waals surface area contributed by atoms with E-state index in [-0.39, 0.29) is 6.04 Å². The molecule has 2 saturated heterocycles. The smallest absolute Gasteiger partial charge is 0.240 e. The number of carbonyl (C=O) groups is 1. The molecule has 3 atom stereocenters. The highest BCUT2D eigenvalue weighted by Crippen LogP contribution is 2.36. The minimum absolute atomic E-state index is 0.173. The number of rotatable bonds is 1. The van der Waals surface area contributed by atoms with Crippen molar-refractivity contribution in [2.24, 2.45) is 5.92 Å². The Morgan fingerprint density at radius 1 is 1.21 bits per heavy atom. The van der Waals surface area contributed by atoms with Crippen molar-refractivity contribution in [1.29, 1.82) is 0 Å². The number of carbonyl (C=O) groups excluding carboxylic acids is 1. The summed E-state index contributed by atoms with van der Waals surface area (Å²) in [6, 6.07) is 0.823. The van der Waals surface area contributed by atoms with Crippen molar-refractivity contribution in [1.82, 2.24) is 10.2 Å². The van der Waals surface area contributed by atoms with Gasteiger partial charge in [0.15, 0.2) is 0 Å². The van der Waals surface area contributed by atoms with Gasteiger partial charge in [0.1, 0.15) is 0 Å². The normalized spacial score (nSPS) is 40.9. The van der Waals surface area contributed by atoms with Crippen LogP contribution < -0.4 is 5.32 Å². The molecule has 0 aromatic heterocycles. The van der Waals surface area contributed by atoms with Crippen LogP contribution in [-0.2, 0) is 4.79 Å². The van der Waals surface area contributed by atoms with Crippen molar-refractivity contribution in [2.75, 3.05) is 13.1 Å². The van der Waals surface area contributed by atoms with Crippen LogP contribution in [0.2, 0.25) is 0 Å². The number of amides is 1. The van der Waals surface area contributed by atoms with Crippen LogP contribution in [0.3, 0.4) is 0 Å². The molecule has 3 fully saturated rings. The van der Waals surface area contributed by atoms with E-state index in [0.717, 1.165) is 13.1 Å². The number of nitrogens with zero attached hydrogens (tertiary/aromatic N) is 1. The predicted octanol–water partition coefficient (Wildman–Crippen LogP) is 0.749. The minimum Gasteiger partial charge on any atom is -0.341 e. The van der Waals surface area contributed by atoms with E-state index >= 15 is 0 Å². The number of hydrogen-bond acceptors (Lipinski definition) is 2. The summed E-state index contributed by atoms with van der Waals surface area (Å²) in [7, 11) is 0. The van der Waals surface area contributed by atoms with E-state index in [1.807, 2.05) is 0 Å². The maximum atomic E-state index is 12.1. The van der Waals surface area contributed by atoms with Gasteiger partial charge in [-0.05, 0) is 38.0 Å². The Balaban J connectivity index is 1.67. The zero-order valence-corrected chi connectivity index (χ0v) is 8.54. The number of hydrogen-bond donors (Lipinski definition) is 1. The van der Waals surface area contributed by atoms with Gasteiger partial charge in [-0.15, -0.1) is 0 Å². The number of piperidine rings is 1. The van der Waals surface area contributed by atoms with Gasteiger partial charge in [-0.25, -0.2) is 0 Å². The molecular formula is C11H18N2O. The van der Waals surface area contributed by atoms with E-state index in [9.17, 15) is 4.79 Å². The van der Waals surface area contributed by atoms with Crippen molar-refractivity contribution >= 4 is 5.91 Å². The Kier molecular flexibility index (Phi) is 2.01. The standard InChI is InChI=1S/C11H18N2O/c14-11(13-5-1-2-6-13)10-8-3-4-9(7-8)12-10/h8-10,12H,1-7H2/t8-,9-,10-/m0/s1. The van der Waals surface area contributed by atoms with Gasteiger partial charge < -0.3 is 10.2 Å². The predicted molar refractivity (Wildman–Crippen MR) is 53.9 cm³/mol. The first-order valence-electron chi connectivity index (χ1n) is 5.89. The molecule has 1 N–H and O–H groups in total. The summed E-state index contributed by atoms with van der Waals surface area (Å²) in [6.07, 6.45) is 6.19. The molecule has 0 spiro atoms. The van der Waals surface area contributed by atoms with Gasteiger partial charge in [0.05, 0.1) is 6.04 Å². The molecule has 2 heterocycles. The largest absolute Gasteiger partial charge is 0.341 e. The summed E-state index contributed by atoms with van der Waals surface area (Å²) < 4.78 is 0. The molecule has 0 aromatic rings. The molecule has 1 amide bonds. The van der Waals surface area contributed by atoms with E-state index in [4.69, 9.17) is 0 Å². The van der Waals surface area contributed by atoms with Crippen LogP contribution in [0.5, 0.6) is 0 Å². The summed E-state index contributed by atoms with van der Waals surface area (Å²) in [5.74, 6) is 1.03. The van der Waals surface area contributed by atoms with Gasteiger partial charge in [-0.1, -0.05) is 0 Å². The maximum absolute atomic E-state index is 12.1. The highest BCUT2D eigenvalue weighted by Gasteiger charge is 2.44. The van der Waals surface area contributed by atoms with E-state index in [1.165, 1.54) is 32.1 Å². The monoisotopic (exact) mass is 194 g/mol. The first-order valence-corrected chi connectivity index (χ1v) is 5.89. The lowest BCUT2D eigenvalue weighted by Crippen LogP contribution is -2.48. The Morgan fingerprint density at radius 3 is 2.57 bits per heavy atom. The molecule has 1 saturated carbocycles. The number of fused-ring (bicyclic) bond motifs is 2. The third kappa shape index (κ3) is 1.26. The second-order valence-electron chi connectivity index (χ2n) is 4.95. The molecule has 3 aliphatic rings. The molecule has 0 radical (unpaired) electrons. The van der Waals surface area contributed by atoms with Crippen LogP contribution in [0.1, 0.15) is 32.1 Å². The van der Waals surface area contributed by atoms with Crippen LogP contribution in [-0.4, -0.2) is 36.0 Å². The van der Waals surface area contributed by atoms with Crippen LogP contribution >= 0.6 is 0 Å². The molecule has 14 heavy (non-hydrogen) atoms. The fraction of sp³-hybridized carbons (Fsp3) is 0.909. The van der Waals surface area contributed by atoms with E-state index in [1.54, 1.807) is 0 Å². The lowest BCUT2D eigenvalue weighted by Gasteiger charge is -2.26. The van der Waals surface area contributed by atoms with Gasteiger partial charge in [0.25, 0.3) is 0 Å². The van der Waals surface area contributed by atoms with Crippen molar-refractivity contribution in [3.05, 3.63) is 0 Å². The highest BCUT2D eigenvalue weighted by molar-refractivity contribution is 5.83. The van der Waals surface area contributed by atoms with Crippen LogP contribution in [0, 0.1) is 5.92 Å². The molecule has 78 valence electrons. The van der Waals surface area contributed by atoms with Gasteiger partial charge in [-0.3, -0.25) is 4.79 Å². The molecule has 0 aromatic carbocycles. The third-order valence-electron chi connectivity index (χ3n) is 4.04. The van der Waals surface area contributed by atoms with Crippen molar-refractivity contribution < 1.29 is 4.79 Å². The fourth-order valence-electron chi connectivity index (χ4n) is 3.27. The van der Waals surface area contributed by atoms with E-state index in [2.05, 4.69) is 10.2 Å². The number of likely N-dealkylation sites (tertiary alicyclic amines) is 1. The molecule has 2 bridgehead atoms. The van der Waals surface area contributed by atoms with Crippen molar-refractivity contribution in [3.63, 3.8) is 0 Å². The zero-order chi connectivity index (χ0) is 9.54. The van der Waals surface area contributed by atoms with Crippen LogP contribution in [0.4, 0.5) is 0 Å². The molecule has 0 unspecified atom stereocenters. The highest BCUT2D eigenvalue weighted by atomic mass is 16.2. The first-order chi connectivity index (χ1) is 6.84. The van der Waals surface area contributed by atoms with Crippen molar-refractivity contribution in [2.45, 2.75) is 44.2 Å². The summed E-state index contributed by atoms with van der Waals surface area (Å²) in [6.45, 7) is 1.99. The average molecular weight is 194 g/mol. The van der Waals surface area contributed by atoms with E-state index < -0.39 is 0 Å². The zero-order valence-electron chi connectivity index (χ0n) is 8.54. The minimum atomic E-state index is 0.173. The SMILES string of the molecule is O=C([C@H]1N[C@H]2CC[C@H]1C2)N1CCCC1. The fourth-order valence-corrected chi connectivity index (χ4v) is 3.27. The Hall–Kier alpha value is -0.570. The molecule has 1 aliphatic carbocycles. The van der Waals surface area contributed by atoms with Crippen molar-refractivity contribution in [3.8, 4) is 0 Å². The van der Waals surface area contributed by atoms with E-state index in [0.29, 0.717) is 17.9 Å². The Morgan fingerprint density at radius 2 is 2.00 bits per heavy atom. The summed E-state index contributed by atoms with van der Waals surface area (Å²) in [4.78, 5) is 14.2. The molecular weight excluding hydrogens is 176 g/mol. The van der Waals surface area contributed by atoms with Crippen LogP contribution in [0.25, 0.3) is 0 Å². The topological polar surface area (TPSA) is 32.3 Å². The summed E-state index contributed by atoms with van der Waals surface area (Å²) in [5.41, 5.74) is 0.